The molecule has 0 saturated carbocycles. The maximum Gasteiger partial charge on any atom is 0.116 e. The Bertz CT molecular complexity index is 369. The van der Waals surface area contributed by atoms with Gasteiger partial charge in [-0.15, -0.1) is 11.3 Å². The third kappa shape index (κ3) is 2.54. The van der Waals surface area contributed by atoms with E-state index in [9.17, 15) is 0 Å². The molecular weight excluding hydrogens is 232 g/mol. The van der Waals surface area contributed by atoms with Gasteiger partial charge in [-0.1, -0.05) is 13.8 Å². The number of nitrogens with zero attached hydrogens (tertiary/aromatic N) is 1. The minimum Gasteiger partial charge on any atom is -0.379 e. The van der Waals surface area contributed by atoms with Crippen molar-refractivity contribution < 1.29 is 4.74 Å². The van der Waals surface area contributed by atoms with E-state index in [1.54, 1.807) is 0 Å². The number of aryl methyl sites for hydroxylation is 2. The van der Waals surface area contributed by atoms with E-state index in [-0.39, 0.29) is 5.54 Å². The number of rotatable bonds is 5. The minimum absolute atomic E-state index is 0.0150. The fourth-order valence-electron chi connectivity index (χ4n) is 2.27. The Labute approximate surface area is 108 Å². The molecule has 0 radical (unpaired) electrons. The van der Waals surface area contributed by atoms with E-state index in [4.69, 9.17) is 9.72 Å². The summed E-state index contributed by atoms with van der Waals surface area (Å²) in [5.41, 5.74) is 1.23. The van der Waals surface area contributed by atoms with Crippen molar-refractivity contribution in [1.82, 2.24) is 10.3 Å². The molecule has 17 heavy (non-hydrogen) atoms. The van der Waals surface area contributed by atoms with E-state index in [1.165, 1.54) is 15.6 Å². The van der Waals surface area contributed by atoms with Crippen molar-refractivity contribution in [3.05, 3.63) is 15.6 Å². The van der Waals surface area contributed by atoms with Crippen LogP contribution in [0, 0.1) is 6.92 Å². The molecule has 1 atom stereocenters. The molecule has 2 rings (SSSR count). The summed E-state index contributed by atoms with van der Waals surface area (Å²) in [6, 6.07) is 0. The highest BCUT2D eigenvalue weighted by atomic mass is 32.1. The molecular formula is C13H22N2OS. The number of hydrogen-bond donors (Lipinski definition) is 1. The van der Waals surface area contributed by atoms with E-state index in [0.717, 1.165) is 39.0 Å². The maximum absolute atomic E-state index is 5.60. The van der Waals surface area contributed by atoms with Gasteiger partial charge in [0.25, 0.3) is 0 Å². The van der Waals surface area contributed by atoms with Crippen molar-refractivity contribution in [2.45, 2.75) is 45.6 Å². The molecule has 1 fully saturated rings. The van der Waals surface area contributed by atoms with Crippen LogP contribution in [-0.4, -0.2) is 24.7 Å². The van der Waals surface area contributed by atoms with E-state index in [2.05, 4.69) is 26.1 Å². The quantitative estimate of drug-likeness (QED) is 0.877. The molecule has 96 valence electrons. The van der Waals surface area contributed by atoms with Crippen LogP contribution < -0.4 is 5.32 Å². The molecule has 1 aliphatic rings. The average molecular weight is 254 g/mol. The fourth-order valence-corrected chi connectivity index (χ4v) is 3.46. The van der Waals surface area contributed by atoms with Crippen LogP contribution in [-0.2, 0) is 16.7 Å². The van der Waals surface area contributed by atoms with Gasteiger partial charge in [0.05, 0.1) is 17.8 Å². The van der Waals surface area contributed by atoms with Gasteiger partial charge in [-0.2, -0.15) is 0 Å². The van der Waals surface area contributed by atoms with Crippen LogP contribution in [0.25, 0.3) is 0 Å². The molecule has 0 amide bonds. The predicted molar refractivity (Wildman–Crippen MR) is 71.6 cm³/mol. The summed E-state index contributed by atoms with van der Waals surface area (Å²) in [4.78, 5) is 6.17. The summed E-state index contributed by atoms with van der Waals surface area (Å²) in [6.45, 7) is 9.18. The fraction of sp³-hybridized carbons (Fsp3) is 0.769. The lowest BCUT2D eigenvalue weighted by Gasteiger charge is -2.26. The molecule has 0 bridgehead atoms. The molecule has 1 aromatic rings. The molecule has 2 heterocycles. The van der Waals surface area contributed by atoms with Gasteiger partial charge >= 0.3 is 0 Å². The second kappa shape index (κ2) is 5.46. The average Bonchev–Trinajstić information content (AvgIpc) is 2.93. The van der Waals surface area contributed by atoms with E-state index in [1.807, 2.05) is 11.3 Å². The monoisotopic (exact) mass is 254 g/mol. The lowest BCUT2D eigenvalue weighted by atomic mass is 9.99. The first-order valence-corrected chi connectivity index (χ1v) is 7.33. The predicted octanol–water partition coefficient (Wildman–Crippen LogP) is 2.63. The Balaban J connectivity index is 2.25. The summed E-state index contributed by atoms with van der Waals surface area (Å²) >= 11 is 1.83. The van der Waals surface area contributed by atoms with Gasteiger partial charge < -0.3 is 10.1 Å². The number of nitrogens with one attached hydrogen (secondary N) is 1. The summed E-state index contributed by atoms with van der Waals surface area (Å²) in [6.07, 6.45) is 3.21. The normalized spacial score (nSPS) is 24.4. The summed E-state index contributed by atoms with van der Waals surface area (Å²) in [5.74, 6) is 0. The Hall–Kier alpha value is -0.450. The van der Waals surface area contributed by atoms with Crippen LogP contribution in [0.1, 0.15) is 42.3 Å². The summed E-state index contributed by atoms with van der Waals surface area (Å²) in [5, 5.41) is 4.87. The van der Waals surface area contributed by atoms with Crippen molar-refractivity contribution >= 4 is 11.3 Å². The highest BCUT2D eigenvalue weighted by Crippen LogP contribution is 2.34. The standard InChI is InChI=1S/C13H22N2OS/c1-4-7-14-13(6-8-16-9-13)12-15-11(5-2)10(3)17-12/h14H,4-9H2,1-3H3. The van der Waals surface area contributed by atoms with E-state index < -0.39 is 0 Å². The molecule has 4 heteroatoms. The van der Waals surface area contributed by atoms with Gasteiger partial charge in [0, 0.05) is 11.5 Å². The SMILES string of the molecule is CCCNC1(c2nc(CC)c(C)s2)CCOC1. The molecule has 0 aliphatic carbocycles. The van der Waals surface area contributed by atoms with Crippen LogP contribution in [0.15, 0.2) is 0 Å². The smallest absolute Gasteiger partial charge is 0.116 e. The van der Waals surface area contributed by atoms with E-state index >= 15 is 0 Å². The molecule has 0 spiro atoms. The lowest BCUT2D eigenvalue weighted by molar-refractivity contribution is 0.166. The lowest BCUT2D eigenvalue weighted by Crippen LogP contribution is -2.43. The third-order valence-corrected chi connectivity index (χ3v) is 4.59. The zero-order chi connectivity index (χ0) is 12.3. The first-order valence-electron chi connectivity index (χ1n) is 6.51. The number of aromatic nitrogens is 1. The van der Waals surface area contributed by atoms with Crippen LogP contribution >= 0.6 is 11.3 Å². The topological polar surface area (TPSA) is 34.2 Å². The zero-order valence-corrected chi connectivity index (χ0v) is 11.8. The van der Waals surface area contributed by atoms with Crippen LogP contribution in [0.2, 0.25) is 0 Å². The Morgan fingerprint density at radius 2 is 2.29 bits per heavy atom. The second-order valence-corrected chi connectivity index (χ2v) is 5.89. The van der Waals surface area contributed by atoms with Crippen molar-refractivity contribution in [1.29, 1.82) is 0 Å². The van der Waals surface area contributed by atoms with Crippen LogP contribution in [0.4, 0.5) is 0 Å². The van der Waals surface area contributed by atoms with Crippen molar-refractivity contribution in [2.75, 3.05) is 19.8 Å². The molecule has 3 nitrogen and oxygen atoms in total. The Morgan fingerprint density at radius 1 is 1.47 bits per heavy atom. The van der Waals surface area contributed by atoms with E-state index in [0.29, 0.717) is 0 Å². The molecule has 1 N–H and O–H groups in total. The first-order chi connectivity index (χ1) is 8.22. The number of hydrogen-bond acceptors (Lipinski definition) is 4. The van der Waals surface area contributed by atoms with Crippen molar-refractivity contribution in [2.24, 2.45) is 0 Å². The van der Waals surface area contributed by atoms with Gasteiger partial charge in [-0.05, 0) is 32.7 Å². The largest absolute Gasteiger partial charge is 0.379 e. The molecule has 1 aliphatic heterocycles. The molecule has 1 saturated heterocycles. The highest BCUT2D eigenvalue weighted by Gasteiger charge is 2.39. The van der Waals surface area contributed by atoms with Gasteiger partial charge in [-0.3, -0.25) is 0 Å². The zero-order valence-electron chi connectivity index (χ0n) is 11.0. The van der Waals surface area contributed by atoms with Crippen molar-refractivity contribution in [3.8, 4) is 0 Å². The van der Waals surface area contributed by atoms with Gasteiger partial charge in [0.1, 0.15) is 5.01 Å². The summed E-state index contributed by atoms with van der Waals surface area (Å²) < 4.78 is 5.60. The third-order valence-electron chi connectivity index (χ3n) is 3.37. The molecule has 0 aromatic carbocycles. The van der Waals surface area contributed by atoms with Crippen molar-refractivity contribution in [3.63, 3.8) is 0 Å². The summed E-state index contributed by atoms with van der Waals surface area (Å²) in [7, 11) is 0. The second-order valence-electron chi connectivity index (χ2n) is 4.69. The number of ether oxygens (including phenoxy) is 1. The highest BCUT2D eigenvalue weighted by molar-refractivity contribution is 7.11. The maximum atomic E-state index is 5.60. The Kier molecular flexibility index (Phi) is 4.17. The molecule has 1 aromatic heterocycles. The van der Waals surface area contributed by atoms with Crippen LogP contribution in [0.5, 0.6) is 0 Å². The van der Waals surface area contributed by atoms with Gasteiger partial charge in [0.15, 0.2) is 0 Å². The van der Waals surface area contributed by atoms with Gasteiger partial charge in [0.2, 0.25) is 0 Å². The minimum atomic E-state index is -0.0150. The first kappa shape index (κ1) is 13.0. The number of thiazole rings is 1. The van der Waals surface area contributed by atoms with Crippen LogP contribution in [0.3, 0.4) is 0 Å². The molecule has 1 unspecified atom stereocenters. The Morgan fingerprint density at radius 3 is 2.82 bits per heavy atom. The van der Waals surface area contributed by atoms with Gasteiger partial charge in [-0.25, -0.2) is 4.98 Å².